The van der Waals surface area contributed by atoms with E-state index < -0.39 is 0 Å². The van der Waals surface area contributed by atoms with Crippen LogP contribution in [0.5, 0.6) is 0 Å². The van der Waals surface area contributed by atoms with Crippen LogP contribution in [0.2, 0.25) is 0 Å². The fourth-order valence-electron chi connectivity index (χ4n) is 1.59. The maximum Gasteiger partial charge on any atom is 0.0625 e. The zero-order valence-corrected chi connectivity index (χ0v) is 10.4. The second-order valence-corrected chi connectivity index (χ2v) is 6.49. The molecular weight excluding hydrogens is 201 g/mol. The standard InChI is InChI=1S/C13H18NP/c1-12(2)11-15(10-6-9-14)13-7-4-3-5-8-13/h3-5,7-8,12H,6,10-11H2,1-2H3. The molecule has 0 aliphatic rings. The molecule has 1 unspecified atom stereocenters. The van der Waals surface area contributed by atoms with Crippen molar-refractivity contribution in [2.24, 2.45) is 5.92 Å². The van der Waals surface area contributed by atoms with Gasteiger partial charge in [-0.2, -0.15) is 5.26 Å². The summed E-state index contributed by atoms with van der Waals surface area (Å²) in [5.41, 5.74) is 0. The van der Waals surface area contributed by atoms with Crippen LogP contribution < -0.4 is 5.30 Å². The van der Waals surface area contributed by atoms with E-state index in [-0.39, 0.29) is 7.92 Å². The summed E-state index contributed by atoms with van der Waals surface area (Å²) in [6.07, 6.45) is 2.97. The molecule has 1 aromatic rings. The molecule has 15 heavy (non-hydrogen) atoms. The third kappa shape index (κ3) is 4.45. The van der Waals surface area contributed by atoms with E-state index in [0.717, 1.165) is 12.1 Å². The Morgan fingerprint density at radius 2 is 1.93 bits per heavy atom. The van der Waals surface area contributed by atoms with Gasteiger partial charge in [-0.3, -0.25) is 0 Å². The molecule has 0 saturated carbocycles. The van der Waals surface area contributed by atoms with Crippen LogP contribution in [0, 0.1) is 17.2 Å². The Morgan fingerprint density at radius 1 is 1.27 bits per heavy atom. The van der Waals surface area contributed by atoms with E-state index >= 15 is 0 Å². The van der Waals surface area contributed by atoms with Gasteiger partial charge in [-0.15, -0.1) is 0 Å². The predicted molar refractivity (Wildman–Crippen MR) is 67.8 cm³/mol. The molecule has 1 nitrogen and oxygen atoms in total. The minimum Gasteiger partial charge on any atom is -0.198 e. The summed E-state index contributed by atoms with van der Waals surface area (Å²) in [5, 5.41) is 10.1. The first-order chi connectivity index (χ1) is 7.24. The van der Waals surface area contributed by atoms with E-state index in [1.807, 2.05) is 0 Å². The van der Waals surface area contributed by atoms with Crippen LogP contribution in [0.3, 0.4) is 0 Å². The van der Waals surface area contributed by atoms with Gasteiger partial charge >= 0.3 is 0 Å². The number of nitrogens with zero attached hydrogens (tertiary/aromatic N) is 1. The molecule has 0 radical (unpaired) electrons. The van der Waals surface area contributed by atoms with Crippen LogP contribution in [-0.4, -0.2) is 12.3 Å². The highest BCUT2D eigenvalue weighted by atomic mass is 31.1. The van der Waals surface area contributed by atoms with Crippen molar-refractivity contribution in [2.45, 2.75) is 20.3 Å². The van der Waals surface area contributed by atoms with Gasteiger partial charge in [-0.25, -0.2) is 0 Å². The highest BCUT2D eigenvalue weighted by molar-refractivity contribution is 7.65. The van der Waals surface area contributed by atoms with Gasteiger partial charge in [0.15, 0.2) is 0 Å². The monoisotopic (exact) mass is 219 g/mol. The second-order valence-electron chi connectivity index (χ2n) is 4.08. The van der Waals surface area contributed by atoms with Crippen molar-refractivity contribution in [3.63, 3.8) is 0 Å². The number of benzene rings is 1. The lowest BCUT2D eigenvalue weighted by Crippen LogP contribution is -2.09. The summed E-state index contributed by atoms with van der Waals surface area (Å²) in [6, 6.07) is 12.9. The summed E-state index contributed by atoms with van der Waals surface area (Å²) in [7, 11) is -0.124. The van der Waals surface area contributed by atoms with E-state index in [2.05, 4.69) is 50.2 Å². The fraction of sp³-hybridized carbons (Fsp3) is 0.462. The van der Waals surface area contributed by atoms with Gasteiger partial charge in [0.25, 0.3) is 0 Å². The van der Waals surface area contributed by atoms with Crippen LogP contribution in [0.1, 0.15) is 20.3 Å². The van der Waals surface area contributed by atoms with E-state index in [0.29, 0.717) is 6.42 Å². The van der Waals surface area contributed by atoms with Gasteiger partial charge in [0.05, 0.1) is 6.07 Å². The Bertz CT molecular complexity index is 313. The largest absolute Gasteiger partial charge is 0.198 e. The normalized spacial score (nSPS) is 12.4. The number of hydrogen-bond donors (Lipinski definition) is 0. The van der Waals surface area contributed by atoms with Crippen molar-refractivity contribution in [2.75, 3.05) is 12.3 Å². The second kappa shape index (κ2) is 6.59. The Kier molecular flexibility index (Phi) is 5.37. The minimum atomic E-state index is -0.124. The molecule has 0 aliphatic carbocycles. The quantitative estimate of drug-likeness (QED) is 0.696. The van der Waals surface area contributed by atoms with Gasteiger partial charge < -0.3 is 0 Å². The molecule has 0 heterocycles. The van der Waals surface area contributed by atoms with Crippen molar-refractivity contribution in [3.8, 4) is 6.07 Å². The minimum absolute atomic E-state index is 0.124. The van der Waals surface area contributed by atoms with Crippen molar-refractivity contribution in [3.05, 3.63) is 30.3 Å². The average Bonchev–Trinajstić information content (AvgIpc) is 2.25. The molecule has 80 valence electrons. The lowest BCUT2D eigenvalue weighted by Gasteiger charge is -2.18. The molecule has 0 spiro atoms. The zero-order chi connectivity index (χ0) is 11.1. The first-order valence-corrected chi connectivity index (χ1v) is 7.12. The van der Waals surface area contributed by atoms with Crippen LogP contribution >= 0.6 is 7.92 Å². The topological polar surface area (TPSA) is 23.8 Å². The lowest BCUT2D eigenvalue weighted by molar-refractivity contribution is 0.745. The molecule has 1 aromatic carbocycles. The molecule has 1 rings (SSSR count). The van der Waals surface area contributed by atoms with E-state index in [1.165, 1.54) is 11.5 Å². The summed E-state index contributed by atoms with van der Waals surface area (Å²) >= 11 is 0. The van der Waals surface area contributed by atoms with Crippen molar-refractivity contribution in [1.82, 2.24) is 0 Å². The third-order valence-electron chi connectivity index (χ3n) is 2.20. The van der Waals surface area contributed by atoms with Crippen LogP contribution in [0.15, 0.2) is 30.3 Å². The first kappa shape index (κ1) is 12.2. The first-order valence-electron chi connectivity index (χ1n) is 5.41. The Morgan fingerprint density at radius 3 is 2.47 bits per heavy atom. The van der Waals surface area contributed by atoms with E-state index in [4.69, 9.17) is 5.26 Å². The summed E-state index contributed by atoms with van der Waals surface area (Å²) in [5.74, 6) is 0.718. The average molecular weight is 219 g/mol. The maximum absolute atomic E-state index is 8.66. The van der Waals surface area contributed by atoms with Crippen molar-refractivity contribution >= 4 is 13.2 Å². The number of hydrogen-bond acceptors (Lipinski definition) is 1. The molecular formula is C13H18NP. The summed E-state index contributed by atoms with van der Waals surface area (Å²) in [4.78, 5) is 0. The summed E-state index contributed by atoms with van der Waals surface area (Å²) < 4.78 is 0. The molecule has 0 amide bonds. The highest BCUT2D eigenvalue weighted by Gasteiger charge is 2.11. The Balaban J connectivity index is 2.68. The number of nitriles is 1. The van der Waals surface area contributed by atoms with Gasteiger partial charge in [0, 0.05) is 6.42 Å². The highest BCUT2D eigenvalue weighted by Crippen LogP contribution is 2.36. The SMILES string of the molecule is CC(C)CP(CCC#N)c1ccccc1. The van der Waals surface area contributed by atoms with E-state index in [1.54, 1.807) is 0 Å². The van der Waals surface area contributed by atoms with Gasteiger partial charge in [0.1, 0.15) is 0 Å². The smallest absolute Gasteiger partial charge is 0.0625 e. The van der Waals surface area contributed by atoms with Gasteiger partial charge in [-0.05, 0) is 23.5 Å². The van der Waals surface area contributed by atoms with Gasteiger partial charge in [0.2, 0.25) is 0 Å². The summed E-state index contributed by atoms with van der Waals surface area (Å²) in [6.45, 7) is 4.51. The number of rotatable bonds is 5. The molecule has 0 aromatic heterocycles. The zero-order valence-electron chi connectivity index (χ0n) is 9.48. The van der Waals surface area contributed by atoms with Crippen molar-refractivity contribution < 1.29 is 0 Å². The Labute approximate surface area is 93.9 Å². The molecule has 0 saturated heterocycles. The van der Waals surface area contributed by atoms with Gasteiger partial charge in [-0.1, -0.05) is 52.1 Å². The molecule has 2 heteroatoms. The Hall–Kier alpha value is -0.860. The molecule has 0 bridgehead atoms. The van der Waals surface area contributed by atoms with Crippen LogP contribution in [0.4, 0.5) is 0 Å². The van der Waals surface area contributed by atoms with Crippen LogP contribution in [0.25, 0.3) is 0 Å². The lowest BCUT2D eigenvalue weighted by atomic mass is 10.3. The maximum atomic E-state index is 8.66. The molecule has 0 aliphatic heterocycles. The predicted octanol–water partition coefficient (Wildman–Crippen LogP) is 3.36. The molecule has 1 atom stereocenters. The fourth-order valence-corrected chi connectivity index (χ4v) is 4.09. The van der Waals surface area contributed by atoms with Crippen molar-refractivity contribution in [1.29, 1.82) is 5.26 Å². The molecule has 0 N–H and O–H groups in total. The molecule has 0 fully saturated rings. The van der Waals surface area contributed by atoms with Crippen LogP contribution in [-0.2, 0) is 0 Å². The third-order valence-corrected chi connectivity index (χ3v) is 5.16. The van der Waals surface area contributed by atoms with E-state index in [9.17, 15) is 0 Å².